The Morgan fingerprint density at radius 1 is 0.574 bits per heavy atom. The summed E-state index contributed by atoms with van der Waals surface area (Å²) in [6.07, 6.45) is 39.6. The standard InChI is InChI=1S/C43H79O10P/c1-3-5-7-9-11-13-15-17-19-21-22-24-26-28-30-32-34-42(46)50-38-41(39-52-54(48,49)51-37-40(45)36-44)53-43(47)35-33-31-29-27-25-23-20-18-16-14-12-10-8-6-4-2/h6,8,12,14,18,20,40-41,44-45H,3-5,7,9-11,13,15-17,19,21-39H2,1-2H3,(H,48,49)/b8-6+,14-12+,20-18+/t40-,41+/m0/s1. The number of unbranched alkanes of at least 4 members (excludes halogenated alkanes) is 20. The zero-order chi connectivity index (χ0) is 39.8. The van der Waals surface area contributed by atoms with Crippen LogP contribution in [-0.2, 0) is 32.7 Å². The van der Waals surface area contributed by atoms with E-state index >= 15 is 0 Å². The summed E-state index contributed by atoms with van der Waals surface area (Å²) in [7, 11) is -4.62. The summed E-state index contributed by atoms with van der Waals surface area (Å²) >= 11 is 0. The molecular weight excluding hydrogens is 707 g/mol. The van der Waals surface area contributed by atoms with Crippen LogP contribution in [0.1, 0.15) is 187 Å². The second kappa shape index (κ2) is 39.4. The van der Waals surface area contributed by atoms with Crippen molar-refractivity contribution in [2.75, 3.05) is 26.4 Å². The molecule has 54 heavy (non-hydrogen) atoms. The molecule has 0 rings (SSSR count). The molecule has 0 saturated carbocycles. The van der Waals surface area contributed by atoms with Gasteiger partial charge in [-0.2, -0.15) is 0 Å². The average Bonchev–Trinajstić information content (AvgIpc) is 3.16. The summed E-state index contributed by atoms with van der Waals surface area (Å²) in [5.74, 6) is -0.940. The van der Waals surface area contributed by atoms with Crippen molar-refractivity contribution < 1.29 is 47.8 Å². The molecule has 0 radical (unpaired) electrons. The molecule has 0 spiro atoms. The summed E-state index contributed by atoms with van der Waals surface area (Å²) in [6.45, 7) is 2.26. The maximum Gasteiger partial charge on any atom is 0.472 e. The molecule has 0 bridgehead atoms. The van der Waals surface area contributed by atoms with Gasteiger partial charge in [0.1, 0.15) is 12.7 Å². The zero-order valence-electron chi connectivity index (χ0n) is 34.2. The van der Waals surface area contributed by atoms with Crippen LogP contribution in [0.3, 0.4) is 0 Å². The maximum atomic E-state index is 12.6. The fourth-order valence-corrected chi connectivity index (χ4v) is 6.56. The minimum atomic E-state index is -4.62. The average molecular weight is 787 g/mol. The van der Waals surface area contributed by atoms with Crippen molar-refractivity contribution in [3.05, 3.63) is 36.5 Å². The number of hydrogen-bond donors (Lipinski definition) is 3. The van der Waals surface area contributed by atoms with E-state index < -0.39 is 51.8 Å². The molecule has 0 aliphatic heterocycles. The minimum Gasteiger partial charge on any atom is -0.462 e. The summed E-state index contributed by atoms with van der Waals surface area (Å²) in [6, 6.07) is 0. The second-order valence-corrected chi connectivity index (χ2v) is 15.8. The lowest BCUT2D eigenvalue weighted by Gasteiger charge is -2.20. The largest absolute Gasteiger partial charge is 0.472 e. The number of rotatable bonds is 40. The smallest absolute Gasteiger partial charge is 0.462 e. The Morgan fingerprint density at radius 3 is 1.54 bits per heavy atom. The van der Waals surface area contributed by atoms with Crippen molar-refractivity contribution in [1.82, 2.24) is 0 Å². The summed E-state index contributed by atoms with van der Waals surface area (Å²) in [4.78, 5) is 35.0. The van der Waals surface area contributed by atoms with Crippen LogP contribution >= 0.6 is 7.82 Å². The van der Waals surface area contributed by atoms with Crippen molar-refractivity contribution in [3.8, 4) is 0 Å². The van der Waals surface area contributed by atoms with Gasteiger partial charge in [0.05, 0.1) is 19.8 Å². The molecule has 0 aliphatic rings. The highest BCUT2D eigenvalue weighted by atomic mass is 31.2. The third kappa shape index (κ3) is 38.5. The topological polar surface area (TPSA) is 149 Å². The number of hydrogen-bond acceptors (Lipinski definition) is 9. The molecule has 0 aromatic rings. The number of aliphatic hydroxyl groups excluding tert-OH is 2. The Kier molecular flexibility index (Phi) is 38.1. The van der Waals surface area contributed by atoms with Crippen LogP contribution in [0, 0.1) is 0 Å². The Balaban J connectivity index is 4.30. The van der Waals surface area contributed by atoms with Crippen molar-refractivity contribution in [2.24, 2.45) is 0 Å². The van der Waals surface area contributed by atoms with E-state index in [1.165, 1.54) is 77.0 Å². The van der Waals surface area contributed by atoms with Gasteiger partial charge in [-0.05, 0) is 44.9 Å². The van der Waals surface area contributed by atoms with Crippen molar-refractivity contribution >= 4 is 19.8 Å². The van der Waals surface area contributed by atoms with Gasteiger partial charge in [0.25, 0.3) is 0 Å². The van der Waals surface area contributed by atoms with Gasteiger partial charge in [0.2, 0.25) is 0 Å². The first-order valence-electron chi connectivity index (χ1n) is 21.4. The lowest BCUT2D eigenvalue weighted by molar-refractivity contribution is -0.161. The molecule has 316 valence electrons. The fraction of sp³-hybridized carbons (Fsp3) is 0.814. The van der Waals surface area contributed by atoms with Gasteiger partial charge in [-0.1, -0.05) is 166 Å². The number of esters is 2. The van der Waals surface area contributed by atoms with Crippen LogP contribution in [0.4, 0.5) is 0 Å². The normalized spacial score (nSPS) is 14.2. The molecular formula is C43H79O10P. The van der Waals surface area contributed by atoms with Gasteiger partial charge in [-0.15, -0.1) is 0 Å². The van der Waals surface area contributed by atoms with E-state index in [4.69, 9.17) is 19.1 Å². The van der Waals surface area contributed by atoms with Crippen molar-refractivity contribution in [2.45, 2.75) is 199 Å². The van der Waals surface area contributed by atoms with E-state index in [9.17, 15) is 24.2 Å². The molecule has 10 nitrogen and oxygen atoms in total. The van der Waals surface area contributed by atoms with E-state index in [0.29, 0.717) is 12.8 Å². The maximum absolute atomic E-state index is 12.6. The van der Waals surface area contributed by atoms with Gasteiger partial charge in [-0.25, -0.2) is 4.57 Å². The highest BCUT2D eigenvalue weighted by Gasteiger charge is 2.27. The predicted octanol–water partition coefficient (Wildman–Crippen LogP) is 11.2. The van der Waals surface area contributed by atoms with Crippen LogP contribution < -0.4 is 0 Å². The molecule has 3 N–H and O–H groups in total. The minimum absolute atomic E-state index is 0.166. The van der Waals surface area contributed by atoms with Crippen molar-refractivity contribution in [1.29, 1.82) is 0 Å². The number of carbonyl (C=O) groups excluding carboxylic acids is 2. The first-order valence-corrected chi connectivity index (χ1v) is 22.9. The lowest BCUT2D eigenvalue weighted by Crippen LogP contribution is -2.29. The first-order chi connectivity index (χ1) is 26.2. The summed E-state index contributed by atoms with van der Waals surface area (Å²) in [5, 5.41) is 18.3. The number of phosphoric acid groups is 1. The Labute approximate surface area is 329 Å². The van der Waals surface area contributed by atoms with E-state index in [-0.39, 0.29) is 19.4 Å². The van der Waals surface area contributed by atoms with Gasteiger partial charge < -0.3 is 24.6 Å². The number of carbonyl (C=O) groups is 2. The fourth-order valence-electron chi connectivity index (χ4n) is 5.77. The summed E-state index contributed by atoms with van der Waals surface area (Å²) < 4.78 is 32.7. The molecule has 0 saturated heterocycles. The number of allylic oxidation sites excluding steroid dienone is 6. The second-order valence-electron chi connectivity index (χ2n) is 14.3. The molecule has 0 aromatic heterocycles. The molecule has 3 atom stereocenters. The highest BCUT2D eigenvalue weighted by Crippen LogP contribution is 2.43. The molecule has 0 fully saturated rings. The van der Waals surface area contributed by atoms with E-state index in [0.717, 1.165) is 70.6 Å². The lowest BCUT2D eigenvalue weighted by atomic mass is 10.0. The van der Waals surface area contributed by atoms with Gasteiger partial charge in [0, 0.05) is 12.8 Å². The molecule has 0 heterocycles. The third-order valence-electron chi connectivity index (χ3n) is 9.06. The Bertz CT molecular complexity index is 999. The monoisotopic (exact) mass is 787 g/mol. The molecule has 0 aliphatic carbocycles. The van der Waals surface area contributed by atoms with Crippen LogP contribution in [-0.4, -0.2) is 65.7 Å². The quantitative estimate of drug-likeness (QED) is 0.0237. The van der Waals surface area contributed by atoms with Crippen LogP contribution in [0.25, 0.3) is 0 Å². The molecule has 11 heteroatoms. The van der Waals surface area contributed by atoms with Gasteiger partial charge in [0.15, 0.2) is 6.10 Å². The predicted molar refractivity (Wildman–Crippen MR) is 219 cm³/mol. The SMILES string of the molecule is CC/C=C/C/C=C/C/C=C/CCCCCCCC(=O)O[C@H](COC(=O)CCCCCCCCCCCCCCCCCC)COP(=O)(O)OC[C@@H](O)CO. The third-order valence-corrected chi connectivity index (χ3v) is 10.0. The highest BCUT2D eigenvalue weighted by molar-refractivity contribution is 7.47. The molecule has 1 unspecified atom stereocenters. The van der Waals surface area contributed by atoms with E-state index in [2.05, 4.69) is 54.8 Å². The molecule has 0 aromatic carbocycles. The van der Waals surface area contributed by atoms with Crippen LogP contribution in [0.2, 0.25) is 0 Å². The Morgan fingerprint density at radius 2 is 1.02 bits per heavy atom. The summed E-state index contributed by atoms with van der Waals surface area (Å²) in [5.41, 5.74) is 0. The molecule has 0 amide bonds. The number of phosphoric ester groups is 1. The number of aliphatic hydroxyl groups is 2. The number of ether oxygens (including phenoxy) is 2. The zero-order valence-corrected chi connectivity index (χ0v) is 35.1. The van der Waals surface area contributed by atoms with Crippen LogP contribution in [0.15, 0.2) is 36.5 Å². The van der Waals surface area contributed by atoms with Gasteiger partial charge >= 0.3 is 19.8 Å². The van der Waals surface area contributed by atoms with E-state index in [1.807, 2.05) is 0 Å². The Hall–Kier alpha value is -1.81. The van der Waals surface area contributed by atoms with Crippen LogP contribution in [0.5, 0.6) is 0 Å². The van der Waals surface area contributed by atoms with Gasteiger partial charge in [-0.3, -0.25) is 18.6 Å². The first kappa shape index (κ1) is 52.2. The van der Waals surface area contributed by atoms with Crippen molar-refractivity contribution in [3.63, 3.8) is 0 Å². The van der Waals surface area contributed by atoms with E-state index in [1.54, 1.807) is 0 Å².